The fourth-order valence-electron chi connectivity index (χ4n) is 2.02. The summed E-state index contributed by atoms with van der Waals surface area (Å²) >= 11 is 3.80. The summed E-state index contributed by atoms with van der Waals surface area (Å²) in [5.41, 5.74) is 0. The summed E-state index contributed by atoms with van der Waals surface area (Å²) in [5.74, 6) is 5.02. The Bertz CT molecular complexity index is 403. The maximum absolute atomic E-state index is 5.46. The van der Waals surface area contributed by atoms with E-state index in [1.165, 1.54) is 0 Å². The molecule has 0 spiro atoms. The van der Waals surface area contributed by atoms with Gasteiger partial charge in [0, 0.05) is 22.3 Å². The minimum atomic E-state index is 0.232. The van der Waals surface area contributed by atoms with Crippen molar-refractivity contribution in [2.45, 2.75) is 50.2 Å². The fraction of sp³-hybridized carbons (Fsp3) is 0.846. The summed E-state index contributed by atoms with van der Waals surface area (Å²) in [6.07, 6.45) is 0. The van der Waals surface area contributed by atoms with Crippen molar-refractivity contribution in [3.05, 3.63) is 11.7 Å². The topological polar surface area (TPSA) is 51.0 Å². The van der Waals surface area contributed by atoms with Crippen LogP contribution in [0.3, 0.4) is 0 Å². The molecule has 1 N–H and O–H groups in total. The van der Waals surface area contributed by atoms with E-state index < -0.39 is 0 Å². The molecule has 1 aliphatic rings. The number of likely N-dealkylation sites (N-methyl/N-ethyl adjacent to an activating group) is 1. The molecule has 1 saturated heterocycles. The Balaban J connectivity index is 1.96. The highest BCUT2D eigenvalue weighted by Crippen LogP contribution is 2.33. The minimum Gasteiger partial charge on any atom is -0.339 e. The molecule has 0 bridgehead atoms. The average molecular weight is 301 g/mol. The molecule has 2 atom stereocenters. The van der Waals surface area contributed by atoms with Crippen molar-refractivity contribution in [1.29, 1.82) is 0 Å². The zero-order valence-corrected chi connectivity index (χ0v) is 13.7. The highest BCUT2D eigenvalue weighted by atomic mass is 32.2. The largest absolute Gasteiger partial charge is 0.339 e. The molecule has 2 heterocycles. The van der Waals surface area contributed by atoms with Crippen molar-refractivity contribution < 1.29 is 4.52 Å². The zero-order chi connectivity index (χ0) is 13.9. The second-order valence-electron chi connectivity index (χ2n) is 5.76. The maximum atomic E-state index is 5.46. The van der Waals surface area contributed by atoms with Gasteiger partial charge in [0.05, 0.1) is 11.7 Å². The number of hydrogen-bond acceptors (Lipinski definition) is 6. The third kappa shape index (κ3) is 4.39. The first-order valence-corrected chi connectivity index (χ1v) is 8.91. The van der Waals surface area contributed by atoms with Gasteiger partial charge in [-0.2, -0.15) is 16.7 Å². The van der Waals surface area contributed by atoms with Gasteiger partial charge in [0.1, 0.15) is 0 Å². The standard InChI is InChI=1S/C13H23N3OS2/c1-5-14-10-7-18-6-9(10)12-15-11(16-17-12)8-19-13(2,3)4/h9-10,14H,5-8H2,1-4H3. The van der Waals surface area contributed by atoms with E-state index >= 15 is 0 Å². The molecule has 19 heavy (non-hydrogen) atoms. The van der Waals surface area contributed by atoms with E-state index in [4.69, 9.17) is 4.52 Å². The molecule has 1 aromatic heterocycles. The van der Waals surface area contributed by atoms with Crippen LogP contribution in [0.2, 0.25) is 0 Å². The van der Waals surface area contributed by atoms with E-state index in [1.807, 2.05) is 23.5 Å². The van der Waals surface area contributed by atoms with Crippen molar-refractivity contribution in [2.75, 3.05) is 18.1 Å². The number of aromatic nitrogens is 2. The van der Waals surface area contributed by atoms with E-state index in [2.05, 4.69) is 43.2 Å². The summed E-state index contributed by atoms with van der Waals surface area (Å²) in [4.78, 5) is 4.58. The molecule has 6 heteroatoms. The van der Waals surface area contributed by atoms with Crippen LogP contribution in [0, 0.1) is 0 Å². The molecule has 1 aromatic rings. The first-order chi connectivity index (χ1) is 8.99. The van der Waals surface area contributed by atoms with Crippen LogP contribution in [-0.4, -0.2) is 39.0 Å². The monoisotopic (exact) mass is 301 g/mol. The van der Waals surface area contributed by atoms with Crippen LogP contribution in [0.15, 0.2) is 4.52 Å². The van der Waals surface area contributed by atoms with Gasteiger partial charge < -0.3 is 9.84 Å². The van der Waals surface area contributed by atoms with Crippen LogP contribution < -0.4 is 5.32 Å². The highest BCUT2D eigenvalue weighted by Gasteiger charge is 2.32. The van der Waals surface area contributed by atoms with Gasteiger partial charge in [-0.25, -0.2) is 0 Å². The lowest BCUT2D eigenvalue weighted by Crippen LogP contribution is -2.34. The predicted molar refractivity (Wildman–Crippen MR) is 82.9 cm³/mol. The average Bonchev–Trinajstić information content (AvgIpc) is 2.93. The Labute approximate surface area is 123 Å². The Kier molecular flexibility index (Phi) is 5.20. The minimum absolute atomic E-state index is 0.232. The van der Waals surface area contributed by atoms with Gasteiger partial charge in [0.15, 0.2) is 5.82 Å². The Hall–Kier alpha value is -0.200. The van der Waals surface area contributed by atoms with Gasteiger partial charge in [0.2, 0.25) is 5.89 Å². The van der Waals surface area contributed by atoms with E-state index in [9.17, 15) is 0 Å². The van der Waals surface area contributed by atoms with Crippen LogP contribution in [0.5, 0.6) is 0 Å². The van der Waals surface area contributed by atoms with Crippen LogP contribution in [0.1, 0.15) is 45.3 Å². The van der Waals surface area contributed by atoms with E-state index in [-0.39, 0.29) is 4.75 Å². The number of rotatable bonds is 5. The molecule has 0 radical (unpaired) electrons. The molecular weight excluding hydrogens is 278 g/mol. The van der Waals surface area contributed by atoms with Crippen molar-refractivity contribution in [3.8, 4) is 0 Å². The molecule has 2 unspecified atom stereocenters. The van der Waals surface area contributed by atoms with Crippen molar-refractivity contribution in [3.63, 3.8) is 0 Å². The lowest BCUT2D eigenvalue weighted by atomic mass is 10.0. The molecule has 2 rings (SSSR count). The van der Waals surface area contributed by atoms with Gasteiger partial charge in [0.25, 0.3) is 0 Å². The molecule has 4 nitrogen and oxygen atoms in total. The van der Waals surface area contributed by atoms with Gasteiger partial charge in [-0.1, -0.05) is 32.9 Å². The first kappa shape index (κ1) is 15.2. The van der Waals surface area contributed by atoms with Crippen molar-refractivity contribution in [2.24, 2.45) is 0 Å². The molecule has 1 fully saturated rings. The van der Waals surface area contributed by atoms with Crippen LogP contribution >= 0.6 is 23.5 Å². The molecular formula is C13H23N3OS2. The van der Waals surface area contributed by atoms with Crippen LogP contribution in [0.4, 0.5) is 0 Å². The number of thioether (sulfide) groups is 2. The number of hydrogen-bond donors (Lipinski definition) is 1. The Morgan fingerprint density at radius 3 is 2.89 bits per heavy atom. The van der Waals surface area contributed by atoms with Gasteiger partial charge in [-0.05, 0) is 6.54 Å². The van der Waals surface area contributed by atoms with Crippen molar-refractivity contribution in [1.82, 2.24) is 15.5 Å². The normalized spacial score (nSPS) is 24.0. The van der Waals surface area contributed by atoms with Crippen molar-refractivity contribution >= 4 is 23.5 Å². The lowest BCUT2D eigenvalue weighted by Gasteiger charge is -2.16. The molecule has 0 amide bonds. The van der Waals surface area contributed by atoms with E-state index in [0.29, 0.717) is 12.0 Å². The molecule has 0 aromatic carbocycles. The molecule has 0 aliphatic carbocycles. The molecule has 1 aliphatic heterocycles. The lowest BCUT2D eigenvalue weighted by molar-refractivity contribution is 0.338. The smallest absolute Gasteiger partial charge is 0.232 e. The quantitative estimate of drug-likeness (QED) is 0.902. The summed E-state index contributed by atoms with van der Waals surface area (Å²) in [7, 11) is 0. The highest BCUT2D eigenvalue weighted by molar-refractivity contribution is 7.99. The third-order valence-electron chi connectivity index (χ3n) is 2.98. The summed E-state index contributed by atoms with van der Waals surface area (Å²) in [6.45, 7) is 9.73. The molecule has 0 saturated carbocycles. The zero-order valence-electron chi connectivity index (χ0n) is 12.1. The van der Waals surface area contributed by atoms with Crippen LogP contribution in [-0.2, 0) is 5.75 Å². The number of nitrogens with zero attached hydrogens (tertiary/aromatic N) is 2. The van der Waals surface area contributed by atoms with Gasteiger partial charge in [-0.15, -0.1) is 11.8 Å². The van der Waals surface area contributed by atoms with Crippen LogP contribution in [0.25, 0.3) is 0 Å². The Morgan fingerprint density at radius 1 is 1.42 bits per heavy atom. The SMILES string of the molecule is CCNC1CSCC1c1nc(CSC(C)(C)C)no1. The summed E-state index contributed by atoms with van der Waals surface area (Å²) in [5, 5.41) is 7.62. The summed E-state index contributed by atoms with van der Waals surface area (Å²) < 4.78 is 5.70. The Morgan fingerprint density at radius 2 is 2.21 bits per heavy atom. The fourth-order valence-corrected chi connectivity index (χ4v) is 4.07. The second-order valence-corrected chi connectivity index (χ2v) is 8.64. The second kappa shape index (κ2) is 6.50. The molecule has 108 valence electrons. The van der Waals surface area contributed by atoms with E-state index in [0.717, 1.165) is 35.5 Å². The van der Waals surface area contributed by atoms with Gasteiger partial charge in [-0.3, -0.25) is 0 Å². The third-order valence-corrected chi connectivity index (χ3v) is 5.44. The predicted octanol–water partition coefficient (Wildman–Crippen LogP) is 2.91. The number of nitrogens with one attached hydrogen (secondary N) is 1. The van der Waals surface area contributed by atoms with Gasteiger partial charge >= 0.3 is 0 Å². The first-order valence-electron chi connectivity index (χ1n) is 6.77. The maximum Gasteiger partial charge on any atom is 0.232 e. The summed E-state index contributed by atoms with van der Waals surface area (Å²) in [6, 6.07) is 0.471. The van der Waals surface area contributed by atoms with E-state index in [1.54, 1.807) is 0 Å².